The molecule has 2 heterocycles. The maximum absolute atomic E-state index is 12.9. The Hall–Kier alpha value is -1.29. The number of likely N-dealkylation sites (tertiary alicyclic amines) is 1. The Morgan fingerprint density at radius 3 is 2.79 bits per heavy atom. The number of amides is 1. The first kappa shape index (κ1) is 14.1. The minimum absolute atomic E-state index is 0.200. The van der Waals surface area contributed by atoms with Crippen molar-refractivity contribution in [3.8, 4) is 0 Å². The van der Waals surface area contributed by atoms with Crippen molar-refractivity contribution in [2.24, 2.45) is 11.1 Å². The normalized spacial score (nSPS) is 19.9. The first-order valence-electron chi connectivity index (χ1n) is 7.33. The molecule has 0 saturated carbocycles. The molecule has 1 unspecified atom stereocenters. The lowest BCUT2D eigenvalue weighted by molar-refractivity contribution is -0.143. The van der Waals surface area contributed by atoms with Crippen molar-refractivity contribution in [2.45, 2.75) is 45.6 Å². The SMILES string of the molecule is CCC(CC)(CN)C(=O)N1CCCC1c1ccc[nH]1. The summed E-state index contributed by atoms with van der Waals surface area (Å²) < 4.78 is 0. The molecule has 4 nitrogen and oxygen atoms in total. The van der Waals surface area contributed by atoms with E-state index in [0.29, 0.717) is 6.54 Å². The molecule has 0 bridgehead atoms. The summed E-state index contributed by atoms with van der Waals surface area (Å²) in [7, 11) is 0. The molecular formula is C15H25N3O. The lowest BCUT2D eigenvalue weighted by Gasteiger charge is -2.36. The molecule has 1 aromatic rings. The van der Waals surface area contributed by atoms with Crippen molar-refractivity contribution in [3.05, 3.63) is 24.0 Å². The number of nitrogens with two attached hydrogens (primary N) is 1. The lowest BCUT2D eigenvalue weighted by Crippen LogP contribution is -2.47. The van der Waals surface area contributed by atoms with Crippen LogP contribution in [0.4, 0.5) is 0 Å². The van der Waals surface area contributed by atoms with Crippen LogP contribution in [0.2, 0.25) is 0 Å². The molecule has 3 N–H and O–H groups in total. The van der Waals surface area contributed by atoms with E-state index in [4.69, 9.17) is 5.73 Å². The van der Waals surface area contributed by atoms with E-state index in [1.807, 2.05) is 17.2 Å². The van der Waals surface area contributed by atoms with Gasteiger partial charge >= 0.3 is 0 Å². The van der Waals surface area contributed by atoms with Gasteiger partial charge in [0.2, 0.25) is 5.91 Å². The zero-order chi connectivity index (χ0) is 13.9. The summed E-state index contributed by atoms with van der Waals surface area (Å²) in [5, 5.41) is 0. The van der Waals surface area contributed by atoms with E-state index in [9.17, 15) is 4.79 Å². The number of hydrogen-bond acceptors (Lipinski definition) is 2. The van der Waals surface area contributed by atoms with Crippen LogP contribution in [0.25, 0.3) is 0 Å². The average Bonchev–Trinajstić information content (AvgIpc) is 3.11. The fourth-order valence-electron chi connectivity index (χ4n) is 3.12. The van der Waals surface area contributed by atoms with E-state index in [0.717, 1.165) is 37.9 Å². The molecule has 1 aliphatic rings. The van der Waals surface area contributed by atoms with Crippen LogP contribution in [0.5, 0.6) is 0 Å². The molecule has 1 saturated heterocycles. The van der Waals surface area contributed by atoms with Crippen LogP contribution in [-0.4, -0.2) is 28.9 Å². The van der Waals surface area contributed by atoms with E-state index in [1.54, 1.807) is 0 Å². The Bertz CT molecular complexity index is 401. The van der Waals surface area contributed by atoms with Crippen molar-refractivity contribution in [3.63, 3.8) is 0 Å². The smallest absolute Gasteiger partial charge is 0.230 e. The van der Waals surface area contributed by atoms with E-state index in [2.05, 4.69) is 24.9 Å². The van der Waals surface area contributed by atoms with Gasteiger partial charge in [0, 0.05) is 25.0 Å². The second-order valence-electron chi connectivity index (χ2n) is 5.47. The van der Waals surface area contributed by atoms with E-state index in [1.165, 1.54) is 0 Å². The Labute approximate surface area is 115 Å². The van der Waals surface area contributed by atoms with Gasteiger partial charge in [0.05, 0.1) is 11.5 Å². The van der Waals surface area contributed by atoms with E-state index in [-0.39, 0.29) is 17.4 Å². The summed E-state index contributed by atoms with van der Waals surface area (Å²) in [4.78, 5) is 18.2. The van der Waals surface area contributed by atoms with E-state index < -0.39 is 0 Å². The molecule has 0 spiro atoms. The highest BCUT2D eigenvalue weighted by molar-refractivity contribution is 5.83. The fourth-order valence-corrected chi connectivity index (χ4v) is 3.12. The number of carbonyl (C=O) groups is 1. The molecule has 1 fully saturated rings. The second kappa shape index (κ2) is 5.78. The minimum Gasteiger partial charge on any atom is -0.363 e. The van der Waals surface area contributed by atoms with Gasteiger partial charge in [-0.2, -0.15) is 0 Å². The number of carbonyl (C=O) groups excluding carboxylic acids is 1. The van der Waals surface area contributed by atoms with Crippen LogP contribution in [0.1, 0.15) is 51.3 Å². The number of nitrogens with one attached hydrogen (secondary N) is 1. The standard InChI is InChI=1S/C15H25N3O/c1-3-15(4-2,11-16)14(19)18-10-6-8-13(18)12-7-5-9-17-12/h5,7,9,13,17H,3-4,6,8,10-11,16H2,1-2H3. The predicted octanol–water partition coefficient (Wildman–Crippen LogP) is 2.44. The third-order valence-corrected chi connectivity index (χ3v) is 4.69. The van der Waals surface area contributed by atoms with Gasteiger partial charge in [-0.3, -0.25) is 4.79 Å². The Morgan fingerprint density at radius 2 is 2.26 bits per heavy atom. The molecule has 1 aromatic heterocycles. The number of aromatic nitrogens is 1. The van der Waals surface area contributed by atoms with Gasteiger partial charge in [0.1, 0.15) is 0 Å². The Morgan fingerprint density at radius 1 is 1.53 bits per heavy atom. The lowest BCUT2D eigenvalue weighted by atomic mass is 9.80. The van der Waals surface area contributed by atoms with Gasteiger partial charge in [-0.25, -0.2) is 0 Å². The first-order chi connectivity index (χ1) is 9.18. The maximum Gasteiger partial charge on any atom is 0.230 e. The van der Waals surface area contributed by atoms with E-state index >= 15 is 0 Å². The largest absolute Gasteiger partial charge is 0.363 e. The minimum atomic E-state index is -0.380. The number of hydrogen-bond donors (Lipinski definition) is 2. The number of rotatable bonds is 5. The van der Waals surface area contributed by atoms with Crippen molar-refractivity contribution < 1.29 is 4.79 Å². The maximum atomic E-state index is 12.9. The molecule has 1 atom stereocenters. The molecule has 4 heteroatoms. The van der Waals surface area contributed by atoms with Crippen molar-refractivity contribution >= 4 is 5.91 Å². The Kier molecular flexibility index (Phi) is 4.30. The topological polar surface area (TPSA) is 62.1 Å². The molecule has 0 aliphatic carbocycles. The number of H-pyrrole nitrogens is 1. The predicted molar refractivity (Wildman–Crippen MR) is 76.6 cm³/mol. The Balaban J connectivity index is 2.22. The highest BCUT2D eigenvalue weighted by atomic mass is 16.2. The van der Waals surface area contributed by atoms with Crippen molar-refractivity contribution in [2.75, 3.05) is 13.1 Å². The third-order valence-electron chi connectivity index (χ3n) is 4.69. The molecule has 2 rings (SSSR count). The van der Waals surface area contributed by atoms with Crippen LogP contribution in [-0.2, 0) is 4.79 Å². The third kappa shape index (κ3) is 2.41. The fraction of sp³-hybridized carbons (Fsp3) is 0.667. The number of aromatic amines is 1. The van der Waals surface area contributed by atoms with Gasteiger partial charge in [-0.1, -0.05) is 13.8 Å². The summed E-state index contributed by atoms with van der Waals surface area (Å²) in [6.07, 6.45) is 5.66. The van der Waals surface area contributed by atoms with Gasteiger partial charge in [-0.05, 0) is 37.8 Å². The van der Waals surface area contributed by atoms with Crippen LogP contribution >= 0.6 is 0 Å². The van der Waals surface area contributed by atoms with Crippen LogP contribution in [0.3, 0.4) is 0 Å². The summed E-state index contributed by atoms with van der Waals surface area (Å²) in [5.41, 5.74) is 6.67. The van der Waals surface area contributed by atoms with Crippen LogP contribution in [0.15, 0.2) is 18.3 Å². The van der Waals surface area contributed by atoms with Gasteiger partial charge in [0.25, 0.3) is 0 Å². The monoisotopic (exact) mass is 263 g/mol. The quantitative estimate of drug-likeness (QED) is 0.857. The van der Waals surface area contributed by atoms with Crippen LogP contribution in [0, 0.1) is 5.41 Å². The summed E-state index contributed by atoms with van der Waals surface area (Å²) >= 11 is 0. The summed E-state index contributed by atoms with van der Waals surface area (Å²) in [6, 6.07) is 4.26. The average molecular weight is 263 g/mol. The zero-order valence-electron chi connectivity index (χ0n) is 12.0. The summed E-state index contributed by atoms with van der Waals surface area (Å²) in [5.74, 6) is 0.233. The highest BCUT2D eigenvalue weighted by Gasteiger charge is 2.41. The zero-order valence-corrected chi connectivity index (χ0v) is 12.0. The first-order valence-corrected chi connectivity index (χ1v) is 7.33. The molecular weight excluding hydrogens is 238 g/mol. The van der Waals surface area contributed by atoms with Gasteiger partial charge < -0.3 is 15.6 Å². The molecule has 0 radical (unpaired) electrons. The van der Waals surface area contributed by atoms with Crippen molar-refractivity contribution in [1.82, 2.24) is 9.88 Å². The number of nitrogens with zero attached hydrogens (tertiary/aromatic N) is 1. The van der Waals surface area contributed by atoms with Crippen LogP contribution < -0.4 is 5.73 Å². The highest BCUT2D eigenvalue weighted by Crippen LogP contribution is 2.37. The molecule has 1 amide bonds. The molecule has 0 aromatic carbocycles. The van der Waals surface area contributed by atoms with Gasteiger partial charge in [-0.15, -0.1) is 0 Å². The molecule has 106 valence electrons. The molecule has 1 aliphatic heterocycles. The van der Waals surface area contributed by atoms with Gasteiger partial charge in [0.15, 0.2) is 0 Å². The van der Waals surface area contributed by atoms with Crippen molar-refractivity contribution in [1.29, 1.82) is 0 Å². The summed E-state index contributed by atoms with van der Waals surface area (Å²) in [6.45, 7) is 5.42. The molecule has 19 heavy (non-hydrogen) atoms. The second-order valence-corrected chi connectivity index (χ2v) is 5.47.